The molecule has 1 aromatic carbocycles. The van der Waals surface area contributed by atoms with Gasteiger partial charge in [-0.05, 0) is 18.6 Å². The normalized spacial score (nSPS) is 16.0. The van der Waals surface area contributed by atoms with Crippen LogP contribution in [-0.4, -0.2) is 17.4 Å². The minimum absolute atomic E-state index is 0.706. The van der Waals surface area contributed by atoms with E-state index >= 15 is 0 Å². The lowest BCUT2D eigenvalue weighted by Gasteiger charge is -2.17. The Morgan fingerprint density at radius 2 is 2.12 bits per heavy atom. The number of nitrogens with zero attached hydrogens (tertiary/aromatic N) is 2. The predicted molar refractivity (Wildman–Crippen MR) is 66.0 cm³/mol. The molecule has 0 bridgehead atoms. The third-order valence-corrected chi connectivity index (χ3v) is 3.01. The van der Waals surface area contributed by atoms with Crippen molar-refractivity contribution in [3.8, 4) is 0 Å². The van der Waals surface area contributed by atoms with Crippen LogP contribution < -0.4 is 4.90 Å². The average molecular weight is 211 g/mol. The molecule has 3 heteroatoms. The van der Waals surface area contributed by atoms with Gasteiger partial charge in [0.25, 0.3) is 0 Å². The van der Waals surface area contributed by atoms with Gasteiger partial charge in [0, 0.05) is 18.4 Å². The molecule has 1 aliphatic heterocycles. The zero-order chi connectivity index (χ0) is 11.0. The van der Waals surface area contributed by atoms with Crippen molar-refractivity contribution in [1.29, 1.82) is 5.41 Å². The van der Waals surface area contributed by atoms with Crippen LogP contribution in [0.25, 0.3) is 10.9 Å². The number of pyridine rings is 1. The number of benzene rings is 1. The number of hydrogen-bond donors (Lipinski definition) is 1. The van der Waals surface area contributed by atoms with Crippen LogP contribution in [0, 0.1) is 5.41 Å². The van der Waals surface area contributed by atoms with Crippen LogP contribution in [0.5, 0.6) is 0 Å². The first-order valence-corrected chi connectivity index (χ1v) is 5.54. The highest BCUT2D eigenvalue weighted by Crippen LogP contribution is 2.23. The van der Waals surface area contributed by atoms with Gasteiger partial charge < -0.3 is 4.90 Å². The molecule has 0 spiro atoms. The maximum atomic E-state index is 7.85. The number of nitrogens with one attached hydrogen (secondary N) is 1. The minimum atomic E-state index is 0.706. The number of fused-ring (bicyclic) bond motifs is 1. The van der Waals surface area contributed by atoms with Gasteiger partial charge in [-0.1, -0.05) is 18.2 Å². The van der Waals surface area contributed by atoms with E-state index in [-0.39, 0.29) is 0 Å². The maximum absolute atomic E-state index is 7.85. The Kier molecular flexibility index (Phi) is 2.10. The summed E-state index contributed by atoms with van der Waals surface area (Å²) in [5, 5.41) is 8.99. The fourth-order valence-corrected chi connectivity index (χ4v) is 2.17. The Balaban J connectivity index is 2.08. The summed E-state index contributed by atoms with van der Waals surface area (Å²) in [6.45, 7) is 0.943. The van der Waals surface area contributed by atoms with Gasteiger partial charge in [-0.3, -0.25) is 10.4 Å². The molecule has 0 amide bonds. The molecule has 80 valence electrons. The lowest BCUT2D eigenvalue weighted by atomic mass is 10.2. The Labute approximate surface area is 94.2 Å². The molecule has 2 aromatic rings. The molecule has 2 heterocycles. The quantitative estimate of drug-likeness (QED) is 0.787. The van der Waals surface area contributed by atoms with Crippen molar-refractivity contribution in [3.05, 3.63) is 36.5 Å². The molecule has 1 aliphatic rings. The van der Waals surface area contributed by atoms with Crippen LogP contribution in [0.3, 0.4) is 0 Å². The monoisotopic (exact) mass is 211 g/mol. The standard InChI is InChI=1S/C13H13N3/c14-13-6-3-7-16(13)11-8-10-4-1-2-5-12(10)15-9-11/h1-2,4-5,8-9,14H,3,6-7H2. The summed E-state index contributed by atoms with van der Waals surface area (Å²) in [5.74, 6) is 0.706. The lowest BCUT2D eigenvalue weighted by molar-refractivity contribution is 0.955. The second-order valence-electron chi connectivity index (χ2n) is 4.09. The first-order chi connectivity index (χ1) is 7.84. The van der Waals surface area contributed by atoms with Gasteiger partial charge in [0.05, 0.1) is 17.4 Å². The van der Waals surface area contributed by atoms with Gasteiger partial charge in [-0.2, -0.15) is 0 Å². The van der Waals surface area contributed by atoms with Crippen molar-refractivity contribution in [1.82, 2.24) is 4.98 Å². The van der Waals surface area contributed by atoms with Crippen LogP contribution in [0.1, 0.15) is 12.8 Å². The zero-order valence-electron chi connectivity index (χ0n) is 8.98. The topological polar surface area (TPSA) is 40.0 Å². The van der Waals surface area contributed by atoms with Gasteiger partial charge in [-0.15, -0.1) is 0 Å². The Morgan fingerprint density at radius 3 is 2.94 bits per heavy atom. The zero-order valence-corrected chi connectivity index (χ0v) is 8.98. The Bertz CT molecular complexity index is 548. The molecule has 0 radical (unpaired) electrons. The van der Waals surface area contributed by atoms with Crippen molar-refractivity contribution in [2.45, 2.75) is 12.8 Å². The number of aromatic nitrogens is 1. The molecule has 1 N–H and O–H groups in total. The van der Waals surface area contributed by atoms with Gasteiger partial charge >= 0.3 is 0 Å². The summed E-state index contributed by atoms with van der Waals surface area (Å²) in [6, 6.07) is 10.2. The van der Waals surface area contributed by atoms with Crippen LogP contribution in [-0.2, 0) is 0 Å². The van der Waals surface area contributed by atoms with Crippen LogP contribution in [0.2, 0.25) is 0 Å². The molecular formula is C13H13N3. The first kappa shape index (κ1) is 9.33. The maximum Gasteiger partial charge on any atom is 0.100 e. The first-order valence-electron chi connectivity index (χ1n) is 5.54. The average Bonchev–Trinajstić information content (AvgIpc) is 2.75. The predicted octanol–water partition coefficient (Wildman–Crippen LogP) is 2.81. The van der Waals surface area contributed by atoms with Crippen molar-refractivity contribution in [3.63, 3.8) is 0 Å². The SMILES string of the molecule is N=C1CCCN1c1cnc2ccccc2c1. The van der Waals surface area contributed by atoms with Crippen molar-refractivity contribution < 1.29 is 0 Å². The highest BCUT2D eigenvalue weighted by atomic mass is 15.2. The van der Waals surface area contributed by atoms with E-state index in [1.165, 1.54) is 0 Å². The molecule has 3 nitrogen and oxygen atoms in total. The van der Waals surface area contributed by atoms with Crippen LogP contribution in [0.15, 0.2) is 36.5 Å². The summed E-state index contributed by atoms with van der Waals surface area (Å²) < 4.78 is 0. The number of amidine groups is 1. The number of para-hydroxylation sites is 1. The molecule has 0 saturated carbocycles. The molecule has 1 fully saturated rings. The van der Waals surface area contributed by atoms with Gasteiger partial charge in [0.1, 0.15) is 5.84 Å². The molecule has 1 saturated heterocycles. The molecule has 16 heavy (non-hydrogen) atoms. The molecule has 3 rings (SSSR count). The highest BCUT2D eigenvalue weighted by Gasteiger charge is 2.18. The number of rotatable bonds is 1. The minimum Gasteiger partial charge on any atom is -0.329 e. The summed E-state index contributed by atoms with van der Waals surface area (Å²) in [7, 11) is 0. The molecule has 0 unspecified atom stereocenters. The smallest absolute Gasteiger partial charge is 0.100 e. The van der Waals surface area contributed by atoms with E-state index in [9.17, 15) is 0 Å². The molecule has 0 atom stereocenters. The second-order valence-corrected chi connectivity index (χ2v) is 4.09. The molecule has 1 aromatic heterocycles. The van der Waals surface area contributed by atoms with Crippen molar-refractivity contribution in [2.24, 2.45) is 0 Å². The molecular weight excluding hydrogens is 198 g/mol. The Morgan fingerprint density at radius 1 is 1.25 bits per heavy atom. The fraction of sp³-hybridized carbons (Fsp3) is 0.231. The number of anilines is 1. The van der Waals surface area contributed by atoms with Gasteiger partial charge in [0.15, 0.2) is 0 Å². The van der Waals surface area contributed by atoms with Gasteiger partial charge in [0.2, 0.25) is 0 Å². The largest absolute Gasteiger partial charge is 0.329 e. The second kappa shape index (κ2) is 3.59. The van der Waals surface area contributed by atoms with Crippen LogP contribution in [0.4, 0.5) is 5.69 Å². The summed E-state index contributed by atoms with van der Waals surface area (Å²) >= 11 is 0. The highest BCUT2D eigenvalue weighted by molar-refractivity contribution is 5.98. The van der Waals surface area contributed by atoms with E-state index in [0.29, 0.717) is 5.84 Å². The Hall–Kier alpha value is -1.90. The van der Waals surface area contributed by atoms with E-state index in [2.05, 4.69) is 17.1 Å². The van der Waals surface area contributed by atoms with Crippen molar-refractivity contribution in [2.75, 3.05) is 11.4 Å². The van der Waals surface area contributed by atoms with E-state index in [1.54, 1.807) is 0 Å². The fourth-order valence-electron chi connectivity index (χ4n) is 2.17. The van der Waals surface area contributed by atoms with E-state index < -0.39 is 0 Å². The summed E-state index contributed by atoms with van der Waals surface area (Å²) in [4.78, 5) is 6.46. The number of hydrogen-bond acceptors (Lipinski definition) is 2. The van der Waals surface area contributed by atoms with Gasteiger partial charge in [-0.25, -0.2) is 0 Å². The summed E-state index contributed by atoms with van der Waals surface area (Å²) in [6.07, 6.45) is 3.82. The van der Waals surface area contributed by atoms with Crippen molar-refractivity contribution >= 4 is 22.4 Å². The van der Waals surface area contributed by atoms with E-state index in [4.69, 9.17) is 5.41 Å². The van der Waals surface area contributed by atoms with E-state index in [1.807, 2.05) is 29.3 Å². The third kappa shape index (κ3) is 1.45. The summed E-state index contributed by atoms with van der Waals surface area (Å²) in [5.41, 5.74) is 2.05. The lowest BCUT2D eigenvalue weighted by Crippen LogP contribution is -2.23. The van der Waals surface area contributed by atoms with Crippen LogP contribution >= 0.6 is 0 Å². The van der Waals surface area contributed by atoms with E-state index in [0.717, 1.165) is 36.0 Å². The molecule has 0 aliphatic carbocycles. The third-order valence-electron chi connectivity index (χ3n) is 3.01.